The van der Waals surface area contributed by atoms with Crippen molar-refractivity contribution in [3.05, 3.63) is 59.7 Å². The predicted molar refractivity (Wildman–Crippen MR) is 83.6 cm³/mol. The van der Waals surface area contributed by atoms with Crippen LogP contribution in [0.3, 0.4) is 0 Å². The van der Waals surface area contributed by atoms with Gasteiger partial charge in [0.15, 0.2) is 5.76 Å². The minimum atomic E-state index is -4.41. The summed E-state index contributed by atoms with van der Waals surface area (Å²) >= 11 is 0. The van der Waals surface area contributed by atoms with Crippen LogP contribution in [-0.4, -0.2) is 16.0 Å². The van der Waals surface area contributed by atoms with E-state index in [1.807, 2.05) is 0 Å². The summed E-state index contributed by atoms with van der Waals surface area (Å²) in [5.41, 5.74) is -0.383. The number of hydrogen-bond donors (Lipinski definition) is 1. The molecule has 0 saturated heterocycles. The maximum atomic E-state index is 12.7. The van der Waals surface area contributed by atoms with Crippen LogP contribution in [-0.2, 0) is 23.9 Å². The molecule has 136 valence electrons. The second kappa shape index (κ2) is 7.42. The third-order valence-corrected chi connectivity index (χ3v) is 3.52. The van der Waals surface area contributed by atoms with E-state index in [-0.39, 0.29) is 37.0 Å². The van der Waals surface area contributed by atoms with E-state index >= 15 is 0 Å². The Labute approximate surface area is 146 Å². The Hall–Kier alpha value is -3.10. The van der Waals surface area contributed by atoms with Gasteiger partial charge in [0.25, 0.3) is 0 Å². The van der Waals surface area contributed by atoms with Crippen molar-refractivity contribution < 1.29 is 26.9 Å². The average molecular weight is 365 g/mol. The lowest BCUT2D eigenvalue weighted by Gasteiger charge is -2.09. The summed E-state index contributed by atoms with van der Waals surface area (Å²) in [7, 11) is 0. The molecule has 6 nitrogen and oxygen atoms in total. The van der Waals surface area contributed by atoms with Crippen molar-refractivity contribution in [2.45, 2.75) is 25.6 Å². The van der Waals surface area contributed by atoms with Gasteiger partial charge in [-0.05, 0) is 29.8 Å². The van der Waals surface area contributed by atoms with Gasteiger partial charge in [-0.15, -0.1) is 0 Å². The van der Waals surface area contributed by atoms with Crippen LogP contribution in [0.4, 0.5) is 13.2 Å². The van der Waals surface area contributed by atoms with Gasteiger partial charge in [-0.1, -0.05) is 17.3 Å². The lowest BCUT2D eigenvalue weighted by molar-refractivity contribution is -0.137. The Morgan fingerprint density at radius 1 is 1.19 bits per heavy atom. The molecule has 0 aliphatic carbocycles. The van der Waals surface area contributed by atoms with Crippen LogP contribution in [0, 0.1) is 0 Å². The molecule has 0 bridgehead atoms. The molecule has 3 aromatic rings. The number of nitrogens with zero attached hydrogens (tertiary/aromatic N) is 2. The van der Waals surface area contributed by atoms with Crippen molar-refractivity contribution in [1.29, 1.82) is 0 Å². The highest BCUT2D eigenvalue weighted by Gasteiger charge is 2.30. The molecular weight excluding hydrogens is 351 g/mol. The van der Waals surface area contributed by atoms with E-state index in [1.165, 1.54) is 18.4 Å². The summed E-state index contributed by atoms with van der Waals surface area (Å²) in [6.45, 7) is 0.00420. The molecule has 0 aliphatic rings. The number of nitrogens with one attached hydrogen (secondary N) is 1. The number of aromatic nitrogens is 2. The fourth-order valence-electron chi connectivity index (χ4n) is 2.23. The van der Waals surface area contributed by atoms with Gasteiger partial charge >= 0.3 is 6.18 Å². The van der Waals surface area contributed by atoms with Crippen LogP contribution in [0.15, 0.2) is 51.6 Å². The number of carbonyl (C=O) groups excluding carboxylic acids is 1. The van der Waals surface area contributed by atoms with Crippen molar-refractivity contribution in [2.75, 3.05) is 0 Å². The molecule has 0 fully saturated rings. The zero-order chi connectivity index (χ0) is 18.6. The number of amides is 1. The molecule has 1 aromatic carbocycles. The summed E-state index contributed by atoms with van der Waals surface area (Å²) in [5, 5.41) is 6.31. The van der Waals surface area contributed by atoms with Crippen LogP contribution in [0.2, 0.25) is 0 Å². The minimum Gasteiger partial charge on any atom is -0.461 e. The Kier molecular flexibility index (Phi) is 5.06. The third-order valence-electron chi connectivity index (χ3n) is 3.52. The van der Waals surface area contributed by atoms with E-state index in [9.17, 15) is 18.0 Å². The first-order valence-electron chi connectivity index (χ1n) is 7.71. The molecule has 2 heterocycles. The van der Waals surface area contributed by atoms with Crippen LogP contribution in [0.1, 0.15) is 23.4 Å². The molecule has 0 atom stereocenters. The van der Waals surface area contributed by atoms with Gasteiger partial charge in [0.2, 0.25) is 17.6 Å². The molecule has 0 unspecified atom stereocenters. The van der Waals surface area contributed by atoms with E-state index in [0.29, 0.717) is 11.3 Å². The Balaban J connectivity index is 1.49. The molecule has 0 aliphatic heterocycles. The van der Waals surface area contributed by atoms with Gasteiger partial charge in [0.05, 0.1) is 11.8 Å². The normalized spacial score (nSPS) is 11.5. The Bertz CT molecular complexity index is 873. The monoisotopic (exact) mass is 365 g/mol. The van der Waals surface area contributed by atoms with Crippen molar-refractivity contribution in [3.8, 4) is 11.6 Å². The summed E-state index contributed by atoms with van der Waals surface area (Å²) in [6, 6.07) is 8.18. The summed E-state index contributed by atoms with van der Waals surface area (Å²) in [5.74, 6) is 0.675. The lowest BCUT2D eigenvalue weighted by atomic mass is 10.1. The summed E-state index contributed by atoms with van der Waals surface area (Å²) in [6.07, 6.45) is -2.66. The van der Waals surface area contributed by atoms with Crippen LogP contribution < -0.4 is 5.32 Å². The van der Waals surface area contributed by atoms with Crippen molar-refractivity contribution in [1.82, 2.24) is 15.5 Å². The van der Waals surface area contributed by atoms with Crippen LogP contribution >= 0.6 is 0 Å². The highest BCUT2D eigenvalue weighted by molar-refractivity contribution is 5.76. The number of hydrogen-bond acceptors (Lipinski definition) is 5. The molecular formula is C17H14F3N3O3. The number of aryl methyl sites for hydroxylation is 1. The number of halogens is 3. The SMILES string of the molecule is O=C(CCc1nc(-c2ccco2)no1)NCc1cccc(C(F)(F)F)c1. The quantitative estimate of drug-likeness (QED) is 0.722. The number of benzene rings is 1. The molecule has 2 aromatic heterocycles. The molecule has 9 heteroatoms. The van der Waals surface area contributed by atoms with Gasteiger partial charge in [-0.25, -0.2) is 0 Å². The van der Waals surface area contributed by atoms with Gasteiger partial charge in [-0.3, -0.25) is 4.79 Å². The smallest absolute Gasteiger partial charge is 0.416 e. The highest BCUT2D eigenvalue weighted by atomic mass is 19.4. The van der Waals surface area contributed by atoms with Crippen molar-refractivity contribution in [3.63, 3.8) is 0 Å². The zero-order valence-electron chi connectivity index (χ0n) is 13.4. The maximum absolute atomic E-state index is 12.7. The van der Waals surface area contributed by atoms with E-state index in [2.05, 4.69) is 15.5 Å². The first-order chi connectivity index (χ1) is 12.4. The summed E-state index contributed by atoms with van der Waals surface area (Å²) in [4.78, 5) is 16.0. The van der Waals surface area contributed by atoms with E-state index < -0.39 is 11.7 Å². The molecule has 26 heavy (non-hydrogen) atoms. The second-order valence-electron chi connectivity index (χ2n) is 5.46. The fourth-order valence-corrected chi connectivity index (χ4v) is 2.23. The fraction of sp³-hybridized carbons (Fsp3) is 0.235. The van der Waals surface area contributed by atoms with E-state index in [4.69, 9.17) is 8.94 Å². The van der Waals surface area contributed by atoms with Gasteiger partial charge in [0, 0.05) is 19.4 Å². The first-order valence-corrected chi connectivity index (χ1v) is 7.71. The number of furan rings is 1. The number of rotatable bonds is 6. The van der Waals surface area contributed by atoms with Crippen molar-refractivity contribution in [2.24, 2.45) is 0 Å². The molecule has 0 spiro atoms. The van der Waals surface area contributed by atoms with Gasteiger partial charge in [-0.2, -0.15) is 18.2 Å². The predicted octanol–water partition coefficient (Wildman–Crippen LogP) is 3.60. The molecule has 0 saturated carbocycles. The van der Waals surface area contributed by atoms with Crippen molar-refractivity contribution >= 4 is 5.91 Å². The largest absolute Gasteiger partial charge is 0.461 e. The molecule has 1 amide bonds. The van der Waals surface area contributed by atoms with Crippen LogP contribution in [0.5, 0.6) is 0 Å². The van der Waals surface area contributed by atoms with Gasteiger partial charge in [0.1, 0.15) is 0 Å². The average Bonchev–Trinajstić information content (AvgIpc) is 3.29. The summed E-state index contributed by atoms with van der Waals surface area (Å²) < 4.78 is 48.1. The standard InChI is InChI=1S/C17H14F3N3O3/c18-17(19,20)12-4-1-3-11(9-12)10-21-14(24)6-7-15-22-16(23-26-15)13-5-2-8-25-13/h1-5,8-9H,6-7,10H2,(H,21,24). The third kappa shape index (κ3) is 4.50. The lowest BCUT2D eigenvalue weighted by Crippen LogP contribution is -2.23. The van der Waals surface area contributed by atoms with Crippen LogP contribution in [0.25, 0.3) is 11.6 Å². The second-order valence-corrected chi connectivity index (χ2v) is 5.46. The number of alkyl halides is 3. The molecule has 3 rings (SSSR count). The molecule has 0 radical (unpaired) electrons. The molecule has 1 N–H and O–H groups in total. The Morgan fingerprint density at radius 2 is 2.04 bits per heavy atom. The van der Waals surface area contributed by atoms with E-state index in [0.717, 1.165) is 12.1 Å². The number of carbonyl (C=O) groups is 1. The van der Waals surface area contributed by atoms with Gasteiger partial charge < -0.3 is 14.3 Å². The minimum absolute atomic E-state index is 0.00420. The van der Waals surface area contributed by atoms with E-state index in [1.54, 1.807) is 12.1 Å². The topological polar surface area (TPSA) is 81.2 Å². The Morgan fingerprint density at radius 3 is 2.77 bits per heavy atom. The highest BCUT2D eigenvalue weighted by Crippen LogP contribution is 2.29. The first kappa shape index (κ1) is 17.7. The zero-order valence-corrected chi connectivity index (χ0v) is 13.4. The maximum Gasteiger partial charge on any atom is 0.416 e.